The molecule has 0 bridgehead atoms. The summed E-state index contributed by atoms with van der Waals surface area (Å²) in [6.45, 7) is 8.33. The normalized spacial score (nSPS) is 15.8. The highest BCUT2D eigenvalue weighted by atomic mass is 16.5. The van der Waals surface area contributed by atoms with E-state index in [0.29, 0.717) is 0 Å². The second kappa shape index (κ2) is 6.21. The average Bonchev–Trinajstić information content (AvgIpc) is 3.35. The third kappa shape index (κ3) is 2.54. The minimum atomic E-state index is 0.0382. The van der Waals surface area contributed by atoms with Crippen molar-refractivity contribution < 1.29 is 9.15 Å². The van der Waals surface area contributed by atoms with E-state index in [4.69, 9.17) is 14.1 Å². The molecule has 2 aliphatic rings. The maximum absolute atomic E-state index is 6.29. The van der Waals surface area contributed by atoms with Gasteiger partial charge in [-0.05, 0) is 45.5 Å². The summed E-state index contributed by atoms with van der Waals surface area (Å²) in [6.07, 6.45) is 1.80. The fourth-order valence-corrected chi connectivity index (χ4v) is 4.96. The van der Waals surface area contributed by atoms with Crippen molar-refractivity contribution in [2.24, 2.45) is 4.99 Å². The largest absolute Gasteiger partial charge is 0.492 e. The molecular formula is C27H25NO2. The van der Waals surface area contributed by atoms with Gasteiger partial charge >= 0.3 is 0 Å². The van der Waals surface area contributed by atoms with E-state index in [1.165, 1.54) is 21.9 Å². The lowest BCUT2D eigenvalue weighted by Gasteiger charge is -2.23. The Bertz CT molecular complexity index is 1350. The van der Waals surface area contributed by atoms with Crippen LogP contribution in [0.5, 0.6) is 5.75 Å². The number of hydrogen-bond acceptors (Lipinski definition) is 3. The molecule has 0 atom stereocenters. The van der Waals surface area contributed by atoms with E-state index >= 15 is 0 Å². The molecule has 1 aromatic heterocycles. The molecule has 4 aromatic rings. The number of fused-ring (bicyclic) bond motifs is 6. The van der Waals surface area contributed by atoms with Gasteiger partial charge in [0.25, 0.3) is 0 Å². The van der Waals surface area contributed by atoms with Crippen molar-refractivity contribution in [3.05, 3.63) is 76.5 Å². The minimum absolute atomic E-state index is 0.0382. The smallest absolute Gasteiger partial charge is 0.138 e. The number of furan rings is 1. The fourth-order valence-electron chi connectivity index (χ4n) is 4.96. The summed E-state index contributed by atoms with van der Waals surface area (Å²) in [5, 5.41) is 3.67. The highest BCUT2D eigenvalue weighted by Gasteiger charge is 2.29. The number of hydrogen-bond donors (Lipinski definition) is 0. The fraction of sp³-hybridized carbons (Fsp3) is 0.296. The number of benzene rings is 3. The van der Waals surface area contributed by atoms with Crippen molar-refractivity contribution >= 4 is 27.5 Å². The molecule has 0 fully saturated rings. The Kier molecular flexibility index (Phi) is 3.68. The van der Waals surface area contributed by atoms with Gasteiger partial charge in [-0.2, -0.15) is 0 Å². The van der Waals surface area contributed by atoms with Crippen LogP contribution in [0.15, 0.2) is 57.9 Å². The third-order valence-corrected chi connectivity index (χ3v) is 6.37. The first kappa shape index (κ1) is 17.8. The highest BCUT2D eigenvalue weighted by molar-refractivity contribution is 6.22. The molecule has 0 spiro atoms. The molecule has 3 heterocycles. The van der Waals surface area contributed by atoms with Crippen molar-refractivity contribution in [3.8, 4) is 5.75 Å². The molecule has 2 aliphatic heterocycles. The van der Waals surface area contributed by atoms with Crippen molar-refractivity contribution in [1.29, 1.82) is 0 Å². The van der Waals surface area contributed by atoms with Crippen molar-refractivity contribution in [2.75, 3.05) is 13.2 Å². The van der Waals surface area contributed by atoms with Crippen molar-refractivity contribution in [2.45, 2.75) is 39.0 Å². The topological polar surface area (TPSA) is 34.7 Å². The second-order valence-electron chi connectivity index (χ2n) is 9.40. The second-order valence-corrected chi connectivity index (χ2v) is 9.40. The van der Waals surface area contributed by atoms with E-state index in [0.717, 1.165) is 65.3 Å². The van der Waals surface area contributed by atoms with Gasteiger partial charge < -0.3 is 9.15 Å². The summed E-state index contributed by atoms with van der Waals surface area (Å²) in [5.74, 6) is 2.02. The van der Waals surface area contributed by atoms with Crippen LogP contribution in [0.3, 0.4) is 0 Å². The van der Waals surface area contributed by atoms with E-state index in [9.17, 15) is 0 Å². The van der Waals surface area contributed by atoms with Crippen LogP contribution in [0, 0.1) is 0 Å². The Labute approximate surface area is 176 Å². The number of ether oxygens (including phenoxy) is 1. The van der Waals surface area contributed by atoms with Crippen LogP contribution in [0.25, 0.3) is 21.7 Å². The predicted octanol–water partition coefficient (Wildman–Crippen LogP) is 6.21. The van der Waals surface area contributed by atoms with Crippen molar-refractivity contribution in [3.63, 3.8) is 0 Å². The van der Waals surface area contributed by atoms with Gasteiger partial charge in [-0.1, -0.05) is 51.1 Å². The van der Waals surface area contributed by atoms with E-state index in [2.05, 4.69) is 69.3 Å². The first-order valence-corrected chi connectivity index (χ1v) is 10.8. The summed E-state index contributed by atoms with van der Waals surface area (Å²) >= 11 is 0. The van der Waals surface area contributed by atoms with Gasteiger partial charge in [0.15, 0.2) is 0 Å². The molecular weight excluding hydrogens is 370 g/mol. The summed E-state index contributed by atoms with van der Waals surface area (Å²) in [5.41, 5.74) is 6.89. The summed E-state index contributed by atoms with van der Waals surface area (Å²) in [6, 6.07) is 17.5. The van der Waals surface area contributed by atoms with Gasteiger partial charge in [-0.25, -0.2) is 0 Å². The van der Waals surface area contributed by atoms with E-state index < -0.39 is 0 Å². The van der Waals surface area contributed by atoms with Gasteiger partial charge in [0.1, 0.15) is 17.1 Å². The Morgan fingerprint density at radius 2 is 1.83 bits per heavy atom. The van der Waals surface area contributed by atoms with Crippen LogP contribution in [0.1, 0.15) is 48.8 Å². The maximum Gasteiger partial charge on any atom is 0.138 e. The molecule has 0 amide bonds. The van der Waals surface area contributed by atoms with E-state index in [-0.39, 0.29) is 5.41 Å². The van der Waals surface area contributed by atoms with E-state index in [1.54, 1.807) is 0 Å². The molecule has 3 nitrogen and oxygen atoms in total. The zero-order valence-corrected chi connectivity index (χ0v) is 17.7. The molecule has 0 unspecified atom stereocenters. The zero-order valence-electron chi connectivity index (χ0n) is 17.7. The van der Waals surface area contributed by atoms with Crippen LogP contribution in [-0.2, 0) is 18.3 Å². The van der Waals surface area contributed by atoms with Crippen LogP contribution >= 0.6 is 0 Å². The van der Waals surface area contributed by atoms with Gasteiger partial charge in [0, 0.05) is 24.9 Å². The number of nitrogens with zero attached hydrogens (tertiary/aromatic N) is 1. The van der Waals surface area contributed by atoms with Gasteiger partial charge in [-0.3, -0.25) is 4.99 Å². The van der Waals surface area contributed by atoms with E-state index in [1.807, 2.05) is 0 Å². The molecule has 3 aromatic carbocycles. The lowest BCUT2D eigenvalue weighted by Crippen LogP contribution is -2.16. The Morgan fingerprint density at radius 1 is 0.967 bits per heavy atom. The standard InChI is InChI=1S/C27H25NO2/c1-27(2,3)20-15-18(14-17-6-4-5-7-19(17)20)25-23-22(10-12-28-25)30-21-9-8-16-11-13-29-26(16)24(21)23/h4-9,14-15H,10-13H2,1-3H3. The molecule has 0 radical (unpaired) electrons. The van der Waals surface area contributed by atoms with Crippen molar-refractivity contribution in [1.82, 2.24) is 0 Å². The predicted molar refractivity (Wildman–Crippen MR) is 122 cm³/mol. The molecule has 150 valence electrons. The Balaban J connectivity index is 1.64. The lowest BCUT2D eigenvalue weighted by atomic mass is 9.81. The van der Waals surface area contributed by atoms with Crippen LogP contribution < -0.4 is 4.74 Å². The molecule has 0 aliphatic carbocycles. The summed E-state index contributed by atoms with van der Waals surface area (Å²) < 4.78 is 12.3. The molecule has 6 rings (SSSR count). The monoisotopic (exact) mass is 395 g/mol. The zero-order chi connectivity index (χ0) is 20.5. The Hall–Kier alpha value is -3.07. The maximum atomic E-state index is 6.29. The van der Waals surface area contributed by atoms with Gasteiger partial charge in [-0.15, -0.1) is 0 Å². The van der Waals surface area contributed by atoms with Crippen LogP contribution in [0.2, 0.25) is 0 Å². The molecule has 0 saturated carbocycles. The first-order chi connectivity index (χ1) is 14.5. The van der Waals surface area contributed by atoms with Crippen LogP contribution in [-0.4, -0.2) is 18.9 Å². The minimum Gasteiger partial charge on any atom is -0.492 e. The third-order valence-electron chi connectivity index (χ3n) is 6.37. The number of rotatable bonds is 1. The first-order valence-electron chi connectivity index (χ1n) is 10.8. The summed E-state index contributed by atoms with van der Waals surface area (Å²) in [4.78, 5) is 5.02. The molecule has 30 heavy (non-hydrogen) atoms. The SMILES string of the molecule is CC(C)(C)c1cc(C2=NCCc3oc4ccc5c(c4c32)OCC5)cc2ccccc12. The highest BCUT2D eigenvalue weighted by Crippen LogP contribution is 2.42. The van der Waals surface area contributed by atoms with Gasteiger partial charge in [0.2, 0.25) is 0 Å². The summed E-state index contributed by atoms with van der Waals surface area (Å²) in [7, 11) is 0. The quantitative estimate of drug-likeness (QED) is 0.384. The molecule has 0 N–H and O–H groups in total. The molecule has 0 saturated heterocycles. The molecule has 3 heteroatoms. The average molecular weight is 396 g/mol. The number of aliphatic imine (C=N–C) groups is 1. The van der Waals surface area contributed by atoms with Crippen LogP contribution in [0.4, 0.5) is 0 Å². The lowest BCUT2D eigenvalue weighted by molar-refractivity contribution is 0.360. The Morgan fingerprint density at radius 3 is 2.70 bits per heavy atom. The van der Waals surface area contributed by atoms with Gasteiger partial charge in [0.05, 0.1) is 23.3 Å².